The third kappa shape index (κ3) is 2.81. The van der Waals surface area contributed by atoms with Crippen molar-refractivity contribution in [3.63, 3.8) is 0 Å². The number of halogens is 1. The SMILES string of the molecule is CCc1cc(Br)c(OC)c(C2CNCCO2)c1. The van der Waals surface area contributed by atoms with E-state index >= 15 is 0 Å². The first-order valence-corrected chi connectivity index (χ1v) is 6.74. The van der Waals surface area contributed by atoms with Crippen LogP contribution in [0.15, 0.2) is 16.6 Å². The Hall–Kier alpha value is -0.580. The maximum atomic E-state index is 5.80. The van der Waals surface area contributed by atoms with Crippen LogP contribution in [0.4, 0.5) is 0 Å². The van der Waals surface area contributed by atoms with Crippen molar-refractivity contribution in [3.8, 4) is 5.75 Å². The normalized spacial score (nSPS) is 20.3. The number of rotatable bonds is 3. The molecule has 0 bridgehead atoms. The van der Waals surface area contributed by atoms with Crippen LogP contribution in [-0.2, 0) is 11.2 Å². The molecule has 17 heavy (non-hydrogen) atoms. The van der Waals surface area contributed by atoms with Gasteiger partial charge in [0, 0.05) is 18.7 Å². The molecule has 1 aliphatic rings. The van der Waals surface area contributed by atoms with Gasteiger partial charge in [0.15, 0.2) is 0 Å². The van der Waals surface area contributed by atoms with Gasteiger partial charge in [-0.1, -0.05) is 6.92 Å². The molecule has 94 valence electrons. The number of methoxy groups -OCH3 is 1. The highest BCUT2D eigenvalue weighted by Gasteiger charge is 2.21. The van der Waals surface area contributed by atoms with Gasteiger partial charge in [-0.05, 0) is 40.0 Å². The predicted molar refractivity (Wildman–Crippen MR) is 71.6 cm³/mol. The van der Waals surface area contributed by atoms with E-state index in [9.17, 15) is 0 Å². The molecule has 0 spiro atoms. The van der Waals surface area contributed by atoms with Gasteiger partial charge in [0.2, 0.25) is 0 Å². The number of ether oxygens (including phenoxy) is 2. The summed E-state index contributed by atoms with van der Waals surface area (Å²) in [6, 6.07) is 4.29. The lowest BCUT2D eigenvalue weighted by Crippen LogP contribution is -2.33. The Morgan fingerprint density at radius 1 is 1.53 bits per heavy atom. The van der Waals surface area contributed by atoms with Crippen molar-refractivity contribution in [1.82, 2.24) is 5.32 Å². The fourth-order valence-corrected chi connectivity index (χ4v) is 2.78. The number of morpholine rings is 1. The van der Waals surface area contributed by atoms with Crippen molar-refractivity contribution < 1.29 is 9.47 Å². The molecule has 0 radical (unpaired) electrons. The fourth-order valence-electron chi connectivity index (χ4n) is 2.10. The van der Waals surface area contributed by atoms with Gasteiger partial charge in [-0.25, -0.2) is 0 Å². The second-order valence-corrected chi connectivity index (χ2v) is 4.97. The molecule has 2 rings (SSSR count). The van der Waals surface area contributed by atoms with Crippen molar-refractivity contribution >= 4 is 15.9 Å². The van der Waals surface area contributed by atoms with Gasteiger partial charge in [-0.15, -0.1) is 0 Å². The van der Waals surface area contributed by atoms with E-state index in [0.717, 1.165) is 41.9 Å². The average molecular weight is 300 g/mol. The minimum atomic E-state index is 0.0847. The van der Waals surface area contributed by atoms with Crippen LogP contribution >= 0.6 is 15.9 Å². The Balaban J connectivity index is 2.38. The summed E-state index contributed by atoms with van der Waals surface area (Å²) in [6.07, 6.45) is 1.09. The number of hydrogen-bond acceptors (Lipinski definition) is 3. The Bertz CT molecular complexity index is 389. The van der Waals surface area contributed by atoms with Crippen LogP contribution in [-0.4, -0.2) is 26.8 Å². The highest BCUT2D eigenvalue weighted by Crippen LogP contribution is 2.36. The van der Waals surface area contributed by atoms with Crippen molar-refractivity contribution in [1.29, 1.82) is 0 Å². The largest absolute Gasteiger partial charge is 0.495 e. The van der Waals surface area contributed by atoms with Crippen LogP contribution < -0.4 is 10.1 Å². The quantitative estimate of drug-likeness (QED) is 0.931. The molecule has 1 aliphatic heterocycles. The topological polar surface area (TPSA) is 30.5 Å². The van der Waals surface area contributed by atoms with E-state index in [1.165, 1.54) is 5.56 Å². The van der Waals surface area contributed by atoms with Gasteiger partial charge >= 0.3 is 0 Å². The molecule has 4 heteroatoms. The lowest BCUT2D eigenvalue weighted by molar-refractivity contribution is 0.0261. The van der Waals surface area contributed by atoms with Crippen LogP contribution in [0, 0.1) is 0 Å². The molecule has 0 saturated carbocycles. The molecule has 0 aromatic heterocycles. The molecule has 1 heterocycles. The summed E-state index contributed by atoms with van der Waals surface area (Å²) < 4.78 is 12.3. The van der Waals surface area contributed by atoms with Gasteiger partial charge in [0.25, 0.3) is 0 Å². The standard InChI is InChI=1S/C13H18BrNO2/c1-3-9-6-10(12-8-15-4-5-17-12)13(16-2)11(14)7-9/h6-7,12,15H,3-5,8H2,1-2H3. The van der Waals surface area contributed by atoms with E-state index in [1.54, 1.807) is 7.11 Å². The van der Waals surface area contributed by atoms with Gasteiger partial charge in [-0.2, -0.15) is 0 Å². The van der Waals surface area contributed by atoms with Crippen LogP contribution in [0.1, 0.15) is 24.2 Å². The summed E-state index contributed by atoms with van der Waals surface area (Å²) in [6.45, 7) is 4.67. The number of benzene rings is 1. The molecule has 1 unspecified atom stereocenters. The smallest absolute Gasteiger partial charge is 0.138 e. The lowest BCUT2D eigenvalue weighted by Gasteiger charge is -2.26. The third-order valence-corrected chi connectivity index (χ3v) is 3.61. The summed E-state index contributed by atoms with van der Waals surface area (Å²) >= 11 is 3.56. The van der Waals surface area contributed by atoms with Gasteiger partial charge in [-0.3, -0.25) is 0 Å². The first-order chi connectivity index (χ1) is 8.26. The van der Waals surface area contributed by atoms with Gasteiger partial charge in [0.05, 0.1) is 24.3 Å². The van der Waals surface area contributed by atoms with Crippen LogP contribution in [0.3, 0.4) is 0 Å². The van der Waals surface area contributed by atoms with Gasteiger partial charge in [0.1, 0.15) is 5.75 Å². The second-order valence-electron chi connectivity index (χ2n) is 4.12. The summed E-state index contributed by atoms with van der Waals surface area (Å²) in [5.74, 6) is 0.885. The first-order valence-electron chi connectivity index (χ1n) is 5.95. The van der Waals surface area contributed by atoms with E-state index in [0.29, 0.717) is 0 Å². The highest BCUT2D eigenvalue weighted by atomic mass is 79.9. The Kier molecular flexibility index (Phi) is 4.42. The molecule has 0 aliphatic carbocycles. The Morgan fingerprint density at radius 2 is 2.35 bits per heavy atom. The molecule has 1 fully saturated rings. The van der Waals surface area contributed by atoms with E-state index in [-0.39, 0.29) is 6.10 Å². The maximum absolute atomic E-state index is 5.80. The number of aryl methyl sites for hydroxylation is 1. The van der Waals surface area contributed by atoms with E-state index in [4.69, 9.17) is 9.47 Å². The van der Waals surface area contributed by atoms with Crippen LogP contribution in [0.25, 0.3) is 0 Å². The molecule has 1 aromatic carbocycles. The third-order valence-electron chi connectivity index (χ3n) is 3.02. The predicted octanol–water partition coefficient (Wildman–Crippen LogP) is 2.68. The zero-order chi connectivity index (χ0) is 12.3. The second kappa shape index (κ2) is 5.85. The number of nitrogens with one attached hydrogen (secondary N) is 1. The lowest BCUT2D eigenvalue weighted by atomic mass is 10.0. The molecule has 3 nitrogen and oxygen atoms in total. The monoisotopic (exact) mass is 299 g/mol. The van der Waals surface area contributed by atoms with Crippen molar-refractivity contribution in [2.45, 2.75) is 19.4 Å². The van der Waals surface area contributed by atoms with Gasteiger partial charge < -0.3 is 14.8 Å². The van der Waals surface area contributed by atoms with Crippen LogP contribution in [0.2, 0.25) is 0 Å². The minimum Gasteiger partial charge on any atom is -0.495 e. The van der Waals surface area contributed by atoms with E-state index in [2.05, 4.69) is 40.3 Å². The van der Waals surface area contributed by atoms with E-state index < -0.39 is 0 Å². The summed E-state index contributed by atoms with van der Waals surface area (Å²) in [7, 11) is 1.70. The maximum Gasteiger partial charge on any atom is 0.138 e. The molecular weight excluding hydrogens is 282 g/mol. The fraction of sp³-hybridized carbons (Fsp3) is 0.538. The van der Waals surface area contributed by atoms with Crippen molar-refractivity contribution in [3.05, 3.63) is 27.7 Å². The average Bonchev–Trinajstić information content (AvgIpc) is 2.38. The van der Waals surface area contributed by atoms with E-state index in [1.807, 2.05) is 0 Å². The highest BCUT2D eigenvalue weighted by molar-refractivity contribution is 9.10. The Morgan fingerprint density at radius 3 is 2.94 bits per heavy atom. The molecule has 0 amide bonds. The zero-order valence-electron chi connectivity index (χ0n) is 10.3. The summed E-state index contributed by atoms with van der Waals surface area (Å²) in [5.41, 5.74) is 2.42. The summed E-state index contributed by atoms with van der Waals surface area (Å²) in [4.78, 5) is 0. The van der Waals surface area contributed by atoms with Crippen molar-refractivity contribution in [2.75, 3.05) is 26.8 Å². The molecular formula is C13H18BrNO2. The first kappa shape index (κ1) is 12.9. The number of hydrogen-bond donors (Lipinski definition) is 1. The Labute approximate surface area is 111 Å². The minimum absolute atomic E-state index is 0.0847. The van der Waals surface area contributed by atoms with Crippen LogP contribution in [0.5, 0.6) is 5.75 Å². The van der Waals surface area contributed by atoms with Crippen molar-refractivity contribution in [2.24, 2.45) is 0 Å². The molecule has 1 atom stereocenters. The zero-order valence-corrected chi connectivity index (χ0v) is 11.8. The molecule has 1 saturated heterocycles. The molecule has 1 N–H and O–H groups in total. The summed E-state index contributed by atoms with van der Waals surface area (Å²) in [5, 5.41) is 3.35. The molecule has 1 aromatic rings.